The molecule has 7 nitrogen and oxygen atoms in total. The lowest BCUT2D eigenvalue weighted by Gasteiger charge is -2.11. The van der Waals surface area contributed by atoms with E-state index in [0.29, 0.717) is 40.8 Å². The Kier molecular flexibility index (Phi) is 7.22. The molecule has 0 spiro atoms. The molecule has 1 aromatic carbocycles. The molecule has 0 radical (unpaired) electrons. The Morgan fingerprint density at radius 2 is 1.93 bits per heavy atom. The molecule has 0 aliphatic carbocycles. The Bertz CT molecular complexity index is 926. The average Bonchev–Trinajstić information content (AvgIpc) is 3.17. The minimum atomic E-state index is 0.494. The number of halogens is 2. The lowest BCUT2D eigenvalue weighted by molar-refractivity contribution is 0.378. The fourth-order valence-electron chi connectivity index (χ4n) is 2.49. The first-order valence-corrected chi connectivity index (χ1v) is 9.53. The molecular formula is C19H20Cl2N6O. The maximum atomic E-state index is 6.00. The molecule has 0 saturated carbocycles. The Morgan fingerprint density at radius 1 is 1.11 bits per heavy atom. The maximum Gasteiger partial charge on any atom is 0.228 e. The van der Waals surface area contributed by atoms with Crippen molar-refractivity contribution in [1.29, 1.82) is 0 Å². The summed E-state index contributed by atoms with van der Waals surface area (Å²) >= 11 is 11.8. The number of nitrogens with one attached hydrogen (secondary N) is 2. The minimum absolute atomic E-state index is 0.494. The van der Waals surface area contributed by atoms with Crippen molar-refractivity contribution in [3.8, 4) is 11.4 Å². The van der Waals surface area contributed by atoms with Crippen LogP contribution in [0.25, 0.3) is 11.4 Å². The highest BCUT2D eigenvalue weighted by molar-refractivity contribution is 6.30. The van der Waals surface area contributed by atoms with Crippen LogP contribution in [0.5, 0.6) is 0 Å². The van der Waals surface area contributed by atoms with Crippen molar-refractivity contribution in [3.05, 3.63) is 64.2 Å². The Labute approximate surface area is 173 Å². The van der Waals surface area contributed by atoms with Crippen molar-refractivity contribution in [2.45, 2.75) is 12.8 Å². The lowest BCUT2D eigenvalue weighted by atomic mass is 10.2. The third-order valence-corrected chi connectivity index (χ3v) is 4.36. The summed E-state index contributed by atoms with van der Waals surface area (Å²) in [4.78, 5) is 12.7. The molecule has 0 bridgehead atoms. The molecule has 0 amide bonds. The summed E-state index contributed by atoms with van der Waals surface area (Å²) in [6.07, 6.45) is 3.17. The molecular weight excluding hydrogens is 399 g/mol. The average molecular weight is 419 g/mol. The molecule has 2 aromatic heterocycles. The molecule has 2 heterocycles. The zero-order valence-electron chi connectivity index (χ0n) is 15.3. The molecule has 0 saturated heterocycles. The van der Waals surface area contributed by atoms with Crippen LogP contribution in [-0.2, 0) is 12.8 Å². The quantitative estimate of drug-likeness (QED) is 0.347. The fraction of sp³-hybridized carbons (Fsp3) is 0.263. The molecule has 3 aromatic rings. The van der Waals surface area contributed by atoms with E-state index in [1.165, 1.54) is 0 Å². The van der Waals surface area contributed by atoms with Gasteiger partial charge in [0.15, 0.2) is 5.96 Å². The van der Waals surface area contributed by atoms with Crippen molar-refractivity contribution in [2.75, 3.05) is 20.1 Å². The monoisotopic (exact) mass is 418 g/mol. The first-order valence-electron chi connectivity index (χ1n) is 8.77. The number of pyridine rings is 1. The van der Waals surface area contributed by atoms with Crippen LogP contribution in [0.15, 0.2) is 52.1 Å². The largest absolute Gasteiger partial charge is 0.356 e. The Morgan fingerprint density at radius 3 is 2.64 bits per heavy atom. The van der Waals surface area contributed by atoms with E-state index < -0.39 is 0 Å². The first-order chi connectivity index (χ1) is 13.6. The van der Waals surface area contributed by atoms with Crippen LogP contribution in [0.2, 0.25) is 10.2 Å². The van der Waals surface area contributed by atoms with E-state index in [1.807, 2.05) is 18.2 Å². The molecule has 0 aliphatic rings. The summed E-state index contributed by atoms with van der Waals surface area (Å²) in [6, 6.07) is 11.1. The van der Waals surface area contributed by atoms with Crippen molar-refractivity contribution in [1.82, 2.24) is 25.8 Å². The molecule has 0 fully saturated rings. The molecule has 0 aliphatic heterocycles. The van der Waals surface area contributed by atoms with Crippen LogP contribution in [0.4, 0.5) is 0 Å². The van der Waals surface area contributed by atoms with E-state index >= 15 is 0 Å². The summed E-state index contributed by atoms with van der Waals surface area (Å²) in [5, 5.41) is 11.6. The molecule has 2 N–H and O–H groups in total. The van der Waals surface area contributed by atoms with E-state index in [9.17, 15) is 0 Å². The van der Waals surface area contributed by atoms with Gasteiger partial charge in [0.1, 0.15) is 5.15 Å². The van der Waals surface area contributed by atoms with Crippen LogP contribution in [0, 0.1) is 0 Å². The highest BCUT2D eigenvalue weighted by atomic mass is 35.5. The Hall–Kier alpha value is -2.64. The summed E-state index contributed by atoms with van der Waals surface area (Å²) in [5.74, 6) is 1.78. The normalized spacial score (nSPS) is 11.5. The number of nitrogens with zero attached hydrogens (tertiary/aromatic N) is 4. The van der Waals surface area contributed by atoms with Gasteiger partial charge in [0, 0.05) is 43.3 Å². The van der Waals surface area contributed by atoms with Gasteiger partial charge in [0.05, 0.1) is 0 Å². The van der Waals surface area contributed by atoms with Crippen molar-refractivity contribution >= 4 is 29.2 Å². The number of aliphatic imine (C=N–C) groups is 1. The van der Waals surface area contributed by atoms with Crippen LogP contribution in [0.1, 0.15) is 11.5 Å². The molecule has 9 heteroatoms. The number of guanidine groups is 1. The van der Waals surface area contributed by atoms with Gasteiger partial charge < -0.3 is 15.2 Å². The number of hydrogen-bond donors (Lipinski definition) is 2. The molecule has 0 unspecified atom stereocenters. The number of aromatic nitrogens is 3. The Balaban J connectivity index is 1.42. The van der Waals surface area contributed by atoms with Gasteiger partial charge in [-0.25, -0.2) is 4.98 Å². The third kappa shape index (κ3) is 5.94. The van der Waals surface area contributed by atoms with Gasteiger partial charge in [0.25, 0.3) is 0 Å². The highest BCUT2D eigenvalue weighted by Crippen LogP contribution is 2.19. The second-order valence-electron chi connectivity index (χ2n) is 5.94. The standard InChI is InChI=1S/C19H20Cl2N6O/c1-22-19(23-9-7-13-5-6-16(21)25-12-13)24-10-8-17-26-18(27-28-17)14-3-2-4-15(20)11-14/h2-6,11-12H,7-10H2,1H3,(H2,22,23,24). The van der Waals surface area contributed by atoms with Crippen molar-refractivity contribution < 1.29 is 4.52 Å². The van der Waals surface area contributed by atoms with Gasteiger partial charge in [-0.15, -0.1) is 0 Å². The predicted molar refractivity (Wildman–Crippen MR) is 111 cm³/mol. The fourth-order valence-corrected chi connectivity index (χ4v) is 2.79. The number of benzene rings is 1. The van der Waals surface area contributed by atoms with Crippen LogP contribution < -0.4 is 10.6 Å². The van der Waals surface area contributed by atoms with Crippen molar-refractivity contribution in [3.63, 3.8) is 0 Å². The van der Waals surface area contributed by atoms with E-state index in [0.717, 1.165) is 24.1 Å². The second kappa shape index (κ2) is 10.1. The maximum absolute atomic E-state index is 6.00. The van der Waals surface area contributed by atoms with Crippen LogP contribution in [0.3, 0.4) is 0 Å². The van der Waals surface area contributed by atoms with Crippen molar-refractivity contribution in [2.24, 2.45) is 4.99 Å². The summed E-state index contributed by atoms with van der Waals surface area (Å²) in [5.41, 5.74) is 1.93. The van der Waals surface area contributed by atoms with Crippen LogP contribution >= 0.6 is 23.2 Å². The SMILES string of the molecule is CN=C(NCCc1ccc(Cl)nc1)NCCc1nc(-c2cccc(Cl)c2)no1. The van der Waals surface area contributed by atoms with E-state index in [1.54, 1.807) is 31.4 Å². The van der Waals surface area contributed by atoms with E-state index in [2.05, 4.69) is 30.8 Å². The van der Waals surface area contributed by atoms with E-state index in [4.69, 9.17) is 27.7 Å². The van der Waals surface area contributed by atoms with Gasteiger partial charge in [-0.05, 0) is 30.2 Å². The topological polar surface area (TPSA) is 88.2 Å². The van der Waals surface area contributed by atoms with Crippen LogP contribution in [-0.4, -0.2) is 41.2 Å². The zero-order valence-corrected chi connectivity index (χ0v) is 16.8. The molecule has 0 atom stereocenters. The van der Waals surface area contributed by atoms with Gasteiger partial charge in [-0.3, -0.25) is 4.99 Å². The lowest BCUT2D eigenvalue weighted by Crippen LogP contribution is -2.39. The van der Waals surface area contributed by atoms with Gasteiger partial charge >= 0.3 is 0 Å². The number of rotatable bonds is 7. The molecule has 3 rings (SSSR count). The second-order valence-corrected chi connectivity index (χ2v) is 6.76. The zero-order chi connectivity index (χ0) is 19.8. The number of hydrogen-bond acceptors (Lipinski definition) is 5. The van der Waals surface area contributed by atoms with Gasteiger partial charge in [0.2, 0.25) is 11.7 Å². The first kappa shape index (κ1) is 20.1. The summed E-state index contributed by atoms with van der Waals surface area (Å²) < 4.78 is 5.30. The third-order valence-electron chi connectivity index (χ3n) is 3.90. The van der Waals surface area contributed by atoms with E-state index in [-0.39, 0.29) is 0 Å². The smallest absolute Gasteiger partial charge is 0.228 e. The van der Waals surface area contributed by atoms with Gasteiger partial charge in [-0.1, -0.05) is 46.6 Å². The predicted octanol–water partition coefficient (Wildman–Crippen LogP) is 3.39. The summed E-state index contributed by atoms with van der Waals surface area (Å²) in [7, 11) is 1.73. The summed E-state index contributed by atoms with van der Waals surface area (Å²) in [6.45, 7) is 1.34. The van der Waals surface area contributed by atoms with Gasteiger partial charge in [-0.2, -0.15) is 4.98 Å². The highest BCUT2D eigenvalue weighted by Gasteiger charge is 2.09. The minimum Gasteiger partial charge on any atom is -0.356 e. The molecule has 28 heavy (non-hydrogen) atoms. The molecule has 146 valence electrons.